The van der Waals surface area contributed by atoms with E-state index in [4.69, 9.17) is 20.8 Å². The summed E-state index contributed by atoms with van der Waals surface area (Å²) in [6.45, 7) is 1.60. The van der Waals surface area contributed by atoms with Gasteiger partial charge in [-0.3, -0.25) is 14.9 Å². The van der Waals surface area contributed by atoms with Gasteiger partial charge < -0.3 is 14.5 Å². The zero-order valence-electron chi connectivity index (χ0n) is 15.6. The third kappa shape index (κ3) is 4.47. The molecule has 0 aliphatic heterocycles. The molecule has 10 heteroatoms. The van der Waals surface area contributed by atoms with E-state index in [1.165, 1.54) is 42.5 Å². The van der Waals surface area contributed by atoms with Crippen LogP contribution in [0.5, 0.6) is 0 Å². The van der Waals surface area contributed by atoms with E-state index in [1.54, 1.807) is 6.92 Å². The van der Waals surface area contributed by atoms with Gasteiger partial charge in [0, 0.05) is 22.5 Å². The molecule has 1 aromatic heterocycles. The van der Waals surface area contributed by atoms with Crippen LogP contribution in [-0.2, 0) is 9.53 Å². The second-order valence-corrected chi connectivity index (χ2v) is 6.58. The molecule has 1 amide bonds. The maximum Gasteiger partial charge on any atom is 0.349 e. The highest BCUT2D eigenvalue weighted by Gasteiger charge is 2.27. The number of nitrogens with zero attached hydrogens (tertiary/aromatic N) is 1. The van der Waals surface area contributed by atoms with Gasteiger partial charge in [-0.2, -0.15) is 0 Å². The number of nitrogens with one attached hydrogen (secondary N) is 1. The number of carbonyl (C=O) groups excluding carboxylic acids is 2. The first-order valence-electron chi connectivity index (χ1n) is 8.75. The Labute approximate surface area is 174 Å². The van der Waals surface area contributed by atoms with E-state index in [9.17, 15) is 24.5 Å². The molecule has 1 atom stereocenters. The molecule has 1 N–H and O–H groups in total. The molecule has 0 saturated heterocycles. The number of nitro benzene ring substituents is 1. The first-order valence-corrected chi connectivity index (χ1v) is 9.13. The summed E-state index contributed by atoms with van der Waals surface area (Å²) in [4.78, 5) is 47.8. The van der Waals surface area contributed by atoms with E-state index in [0.29, 0.717) is 10.4 Å². The van der Waals surface area contributed by atoms with Crippen molar-refractivity contribution in [2.24, 2.45) is 0 Å². The molecule has 0 aliphatic rings. The molecule has 0 aliphatic carbocycles. The quantitative estimate of drug-likeness (QED) is 0.274. The maximum absolute atomic E-state index is 12.8. The minimum atomic E-state index is -1.37. The van der Waals surface area contributed by atoms with Crippen LogP contribution >= 0.6 is 11.6 Å². The Morgan fingerprint density at radius 1 is 1.23 bits per heavy atom. The molecule has 154 valence electrons. The largest absolute Gasteiger partial charge is 0.464 e. The highest BCUT2D eigenvalue weighted by Crippen LogP contribution is 2.22. The van der Waals surface area contributed by atoms with Gasteiger partial charge in [0.25, 0.3) is 11.6 Å². The summed E-state index contributed by atoms with van der Waals surface area (Å²) in [7, 11) is 0. The van der Waals surface area contributed by atoms with Gasteiger partial charge in [-0.15, -0.1) is 0 Å². The molecule has 3 aromatic rings. The average molecular weight is 431 g/mol. The van der Waals surface area contributed by atoms with Gasteiger partial charge in [-0.1, -0.05) is 23.7 Å². The molecule has 0 bridgehead atoms. The van der Waals surface area contributed by atoms with Crippen LogP contribution < -0.4 is 10.9 Å². The molecule has 1 heterocycles. The lowest BCUT2D eigenvalue weighted by atomic mass is 10.1. The smallest absolute Gasteiger partial charge is 0.349 e. The molecule has 0 radical (unpaired) electrons. The summed E-state index contributed by atoms with van der Waals surface area (Å²) in [5, 5.41) is 14.2. The van der Waals surface area contributed by atoms with Crippen molar-refractivity contribution in [3.8, 4) is 0 Å². The third-order valence-corrected chi connectivity index (χ3v) is 4.39. The van der Waals surface area contributed by atoms with E-state index in [-0.39, 0.29) is 29.0 Å². The zero-order valence-corrected chi connectivity index (χ0v) is 16.3. The number of benzene rings is 2. The van der Waals surface area contributed by atoms with Gasteiger partial charge >= 0.3 is 11.6 Å². The highest BCUT2D eigenvalue weighted by molar-refractivity contribution is 6.31. The van der Waals surface area contributed by atoms with Crippen LogP contribution in [0.15, 0.2) is 57.7 Å². The predicted octanol–water partition coefficient (Wildman–Crippen LogP) is 3.39. The number of rotatable bonds is 6. The third-order valence-electron chi connectivity index (χ3n) is 4.15. The van der Waals surface area contributed by atoms with Crippen molar-refractivity contribution in [2.45, 2.75) is 13.0 Å². The Kier molecular flexibility index (Phi) is 6.12. The van der Waals surface area contributed by atoms with Gasteiger partial charge in [0.1, 0.15) is 11.1 Å². The number of fused-ring (bicyclic) bond motifs is 1. The normalized spacial score (nSPS) is 11.7. The van der Waals surface area contributed by atoms with E-state index in [1.807, 2.05) is 0 Å². The number of esters is 1. The number of non-ortho nitro benzene ring substituents is 1. The molecule has 3 rings (SSSR count). The van der Waals surface area contributed by atoms with Crippen LogP contribution in [-0.4, -0.2) is 23.4 Å². The fourth-order valence-electron chi connectivity index (χ4n) is 2.78. The van der Waals surface area contributed by atoms with Crippen molar-refractivity contribution in [3.63, 3.8) is 0 Å². The molecular formula is C20H15ClN2O7. The number of amides is 1. The van der Waals surface area contributed by atoms with Crippen LogP contribution in [0.25, 0.3) is 11.0 Å². The minimum Gasteiger partial charge on any atom is -0.464 e. The maximum atomic E-state index is 12.8. The standard InChI is InChI=1S/C20H15ClN2O7/c1-2-29-20(26)17(11-4-3-5-14(9-11)23(27)28)22-18(24)15-10-12-8-13(21)6-7-16(12)30-19(15)25/h3-10,17H,2H2,1H3,(H,22,24)/t17-/m1/s1. The lowest BCUT2D eigenvalue weighted by Crippen LogP contribution is -2.37. The number of hydrogen-bond acceptors (Lipinski definition) is 7. The van der Waals surface area contributed by atoms with Crippen molar-refractivity contribution in [1.29, 1.82) is 0 Å². The van der Waals surface area contributed by atoms with E-state index < -0.39 is 28.5 Å². The van der Waals surface area contributed by atoms with Crippen LogP contribution in [0.3, 0.4) is 0 Å². The van der Waals surface area contributed by atoms with E-state index >= 15 is 0 Å². The van der Waals surface area contributed by atoms with E-state index in [2.05, 4.69) is 5.32 Å². The first kappa shape index (κ1) is 21.0. The van der Waals surface area contributed by atoms with Gasteiger partial charge in [-0.05, 0) is 36.8 Å². The second-order valence-electron chi connectivity index (χ2n) is 6.14. The van der Waals surface area contributed by atoms with Crippen molar-refractivity contribution in [2.75, 3.05) is 6.61 Å². The summed E-state index contributed by atoms with van der Waals surface area (Å²) in [5.74, 6) is -1.74. The number of nitro groups is 1. The van der Waals surface area contributed by atoms with Gasteiger partial charge in [0.2, 0.25) is 0 Å². The van der Waals surface area contributed by atoms with E-state index in [0.717, 1.165) is 6.07 Å². The predicted molar refractivity (Wildman–Crippen MR) is 107 cm³/mol. The molecule has 30 heavy (non-hydrogen) atoms. The Morgan fingerprint density at radius 2 is 2.00 bits per heavy atom. The molecule has 0 saturated carbocycles. The van der Waals surface area contributed by atoms with Gasteiger partial charge in [-0.25, -0.2) is 9.59 Å². The Bertz CT molecular complexity index is 1210. The fourth-order valence-corrected chi connectivity index (χ4v) is 2.96. The van der Waals surface area contributed by atoms with Gasteiger partial charge in [0.05, 0.1) is 11.5 Å². The molecular weight excluding hydrogens is 416 g/mol. The topological polar surface area (TPSA) is 129 Å². The Hall–Kier alpha value is -3.72. The second kappa shape index (κ2) is 8.75. The van der Waals surface area contributed by atoms with Crippen molar-refractivity contribution in [3.05, 3.63) is 85.2 Å². The summed E-state index contributed by atoms with van der Waals surface area (Å²) < 4.78 is 10.1. The first-order chi connectivity index (χ1) is 14.3. The SMILES string of the molecule is CCOC(=O)[C@H](NC(=O)c1cc2cc(Cl)ccc2oc1=O)c1cccc([N+](=O)[O-])c1. The zero-order chi connectivity index (χ0) is 21.8. The average Bonchev–Trinajstić information content (AvgIpc) is 2.71. The lowest BCUT2D eigenvalue weighted by molar-refractivity contribution is -0.384. The Balaban J connectivity index is 1.99. The highest BCUT2D eigenvalue weighted by atomic mass is 35.5. The van der Waals surface area contributed by atoms with Crippen molar-refractivity contribution >= 4 is 40.1 Å². The molecule has 0 fully saturated rings. The van der Waals surface area contributed by atoms with Gasteiger partial charge in [0.15, 0.2) is 6.04 Å². The number of hydrogen-bond donors (Lipinski definition) is 1. The van der Waals surface area contributed by atoms with Crippen LogP contribution in [0.2, 0.25) is 5.02 Å². The van der Waals surface area contributed by atoms with Crippen LogP contribution in [0.4, 0.5) is 5.69 Å². The number of carbonyl (C=O) groups is 2. The van der Waals surface area contributed by atoms with Crippen LogP contribution in [0, 0.1) is 10.1 Å². The monoisotopic (exact) mass is 430 g/mol. The summed E-state index contributed by atoms with van der Waals surface area (Å²) in [6.07, 6.45) is 0. The molecule has 0 unspecified atom stereocenters. The summed E-state index contributed by atoms with van der Waals surface area (Å²) in [6, 6.07) is 9.65. The minimum absolute atomic E-state index is 0.0245. The van der Waals surface area contributed by atoms with Crippen molar-refractivity contribution in [1.82, 2.24) is 5.32 Å². The lowest BCUT2D eigenvalue weighted by Gasteiger charge is -2.17. The molecule has 2 aromatic carbocycles. The number of ether oxygens (including phenoxy) is 1. The summed E-state index contributed by atoms with van der Waals surface area (Å²) >= 11 is 5.93. The molecule has 0 spiro atoms. The van der Waals surface area contributed by atoms with Crippen molar-refractivity contribution < 1.29 is 23.7 Å². The number of halogens is 1. The molecule has 9 nitrogen and oxygen atoms in total. The van der Waals surface area contributed by atoms with Crippen LogP contribution in [0.1, 0.15) is 28.9 Å². The fraction of sp³-hybridized carbons (Fsp3) is 0.150. The Morgan fingerprint density at radius 3 is 2.70 bits per heavy atom. The summed E-state index contributed by atoms with van der Waals surface area (Å²) in [5.41, 5.74) is -1.17.